The minimum atomic E-state index is 0.631. The van der Waals surface area contributed by atoms with E-state index in [0.29, 0.717) is 12.6 Å². The van der Waals surface area contributed by atoms with Crippen molar-refractivity contribution in [2.75, 3.05) is 6.54 Å². The maximum Gasteiger partial charge on any atom is 0.120 e. The Morgan fingerprint density at radius 3 is 2.65 bits per heavy atom. The highest BCUT2D eigenvalue weighted by Crippen LogP contribution is 2.18. The topological polar surface area (TPSA) is 21.3 Å². The van der Waals surface area contributed by atoms with Crippen LogP contribution in [0.4, 0.5) is 0 Å². The van der Waals surface area contributed by atoms with Crippen molar-refractivity contribution in [1.29, 1.82) is 0 Å². The Morgan fingerprint density at radius 2 is 1.85 bits per heavy atom. The van der Waals surface area contributed by atoms with E-state index in [-0.39, 0.29) is 0 Å². The fourth-order valence-corrected chi connectivity index (χ4v) is 2.72. The van der Waals surface area contributed by atoms with Gasteiger partial charge in [-0.3, -0.25) is 0 Å². The Morgan fingerprint density at radius 1 is 1.00 bits per heavy atom. The molecule has 0 aliphatic carbocycles. The Balaban J connectivity index is 1.59. The quantitative estimate of drug-likeness (QED) is 0.894. The van der Waals surface area contributed by atoms with Gasteiger partial charge in [-0.25, -0.2) is 0 Å². The number of ether oxygens (including phenoxy) is 1. The minimum absolute atomic E-state index is 0.631. The van der Waals surface area contributed by atoms with Gasteiger partial charge in [0.2, 0.25) is 0 Å². The molecule has 104 valence electrons. The Hall–Kier alpha value is -1.80. The zero-order valence-electron chi connectivity index (χ0n) is 11.7. The maximum atomic E-state index is 5.88. The number of hydrogen-bond donors (Lipinski definition) is 1. The molecule has 1 aliphatic rings. The summed E-state index contributed by atoms with van der Waals surface area (Å²) in [4.78, 5) is 0. The summed E-state index contributed by atoms with van der Waals surface area (Å²) in [7, 11) is 0. The summed E-state index contributed by atoms with van der Waals surface area (Å²) in [5, 5.41) is 3.54. The Bertz CT molecular complexity index is 532. The van der Waals surface area contributed by atoms with Gasteiger partial charge in [-0.15, -0.1) is 0 Å². The van der Waals surface area contributed by atoms with E-state index in [2.05, 4.69) is 35.6 Å². The van der Waals surface area contributed by atoms with Gasteiger partial charge in [0.25, 0.3) is 0 Å². The average Bonchev–Trinajstić information content (AvgIpc) is 3.00. The van der Waals surface area contributed by atoms with Crippen LogP contribution in [-0.2, 0) is 13.0 Å². The second-order valence-electron chi connectivity index (χ2n) is 5.42. The number of hydrogen-bond acceptors (Lipinski definition) is 2. The Kier molecular flexibility index (Phi) is 4.34. The molecule has 1 heterocycles. The lowest BCUT2D eigenvalue weighted by atomic mass is 10.0. The van der Waals surface area contributed by atoms with Crippen LogP contribution in [0.3, 0.4) is 0 Å². The van der Waals surface area contributed by atoms with Crippen LogP contribution >= 0.6 is 0 Å². The molecule has 0 amide bonds. The number of nitrogens with one attached hydrogen (secondary N) is 1. The van der Waals surface area contributed by atoms with E-state index in [1.165, 1.54) is 24.0 Å². The predicted octanol–water partition coefficient (Wildman–Crippen LogP) is 3.56. The third kappa shape index (κ3) is 3.61. The van der Waals surface area contributed by atoms with E-state index in [9.17, 15) is 0 Å². The fraction of sp³-hybridized carbons (Fsp3) is 0.333. The molecule has 2 aromatic rings. The molecule has 1 fully saturated rings. The van der Waals surface area contributed by atoms with Crippen molar-refractivity contribution < 1.29 is 4.74 Å². The van der Waals surface area contributed by atoms with Crippen LogP contribution in [0.5, 0.6) is 5.75 Å². The highest BCUT2D eigenvalue weighted by molar-refractivity contribution is 5.29. The monoisotopic (exact) mass is 267 g/mol. The van der Waals surface area contributed by atoms with E-state index in [1.807, 2.05) is 24.3 Å². The lowest BCUT2D eigenvalue weighted by Gasteiger charge is -2.12. The van der Waals surface area contributed by atoms with Crippen LogP contribution < -0.4 is 10.1 Å². The third-order valence-corrected chi connectivity index (χ3v) is 3.79. The van der Waals surface area contributed by atoms with Crippen LogP contribution in [0.1, 0.15) is 24.0 Å². The molecule has 0 aromatic heterocycles. The zero-order valence-corrected chi connectivity index (χ0v) is 11.7. The van der Waals surface area contributed by atoms with Gasteiger partial charge in [0.05, 0.1) is 0 Å². The van der Waals surface area contributed by atoms with Crippen molar-refractivity contribution in [3.8, 4) is 5.75 Å². The van der Waals surface area contributed by atoms with E-state index < -0.39 is 0 Å². The fourth-order valence-electron chi connectivity index (χ4n) is 2.72. The molecule has 3 rings (SSSR count). The molecule has 20 heavy (non-hydrogen) atoms. The van der Waals surface area contributed by atoms with Gasteiger partial charge in [0.15, 0.2) is 0 Å². The van der Waals surface area contributed by atoms with Crippen molar-refractivity contribution in [3.63, 3.8) is 0 Å². The van der Waals surface area contributed by atoms with Crippen LogP contribution in [0, 0.1) is 0 Å². The highest BCUT2D eigenvalue weighted by atomic mass is 16.5. The molecule has 2 aromatic carbocycles. The smallest absolute Gasteiger partial charge is 0.120 e. The second kappa shape index (κ2) is 6.58. The maximum absolute atomic E-state index is 5.88. The minimum Gasteiger partial charge on any atom is -0.489 e. The van der Waals surface area contributed by atoms with E-state index >= 15 is 0 Å². The standard InChI is InChI=1S/C18H21NO/c1-2-6-15(7-3-1)14-20-18-10-4-8-16(13-18)12-17-9-5-11-19-17/h1-4,6-8,10,13,17,19H,5,9,11-12,14H2. The van der Waals surface area contributed by atoms with Gasteiger partial charge < -0.3 is 10.1 Å². The molecule has 0 radical (unpaired) electrons. The molecule has 2 nitrogen and oxygen atoms in total. The lowest BCUT2D eigenvalue weighted by molar-refractivity contribution is 0.306. The second-order valence-corrected chi connectivity index (χ2v) is 5.42. The molecule has 1 N–H and O–H groups in total. The lowest BCUT2D eigenvalue weighted by Crippen LogP contribution is -2.23. The number of rotatable bonds is 5. The van der Waals surface area contributed by atoms with Gasteiger partial charge in [-0.05, 0) is 49.1 Å². The molecular weight excluding hydrogens is 246 g/mol. The molecule has 1 unspecified atom stereocenters. The molecule has 0 spiro atoms. The van der Waals surface area contributed by atoms with Crippen LogP contribution in [0.25, 0.3) is 0 Å². The van der Waals surface area contributed by atoms with E-state index in [0.717, 1.165) is 18.7 Å². The molecular formula is C18H21NO. The van der Waals surface area contributed by atoms with Crippen molar-refractivity contribution in [2.24, 2.45) is 0 Å². The summed E-state index contributed by atoms with van der Waals surface area (Å²) in [6.07, 6.45) is 3.69. The van der Waals surface area contributed by atoms with Gasteiger partial charge in [0, 0.05) is 6.04 Å². The summed E-state index contributed by atoms with van der Waals surface area (Å²) in [6, 6.07) is 19.4. The average molecular weight is 267 g/mol. The number of benzene rings is 2. The highest BCUT2D eigenvalue weighted by Gasteiger charge is 2.14. The molecule has 1 aliphatic heterocycles. The van der Waals surface area contributed by atoms with Gasteiger partial charge in [0.1, 0.15) is 12.4 Å². The summed E-state index contributed by atoms with van der Waals surface area (Å²) in [5.41, 5.74) is 2.56. The first-order chi connectivity index (χ1) is 9.90. The summed E-state index contributed by atoms with van der Waals surface area (Å²) in [5.74, 6) is 0.962. The van der Waals surface area contributed by atoms with E-state index in [4.69, 9.17) is 4.74 Å². The van der Waals surface area contributed by atoms with Crippen molar-refractivity contribution >= 4 is 0 Å². The largest absolute Gasteiger partial charge is 0.489 e. The summed E-state index contributed by atoms with van der Waals surface area (Å²) >= 11 is 0. The normalized spacial score (nSPS) is 18.1. The summed E-state index contributed by atoms with van der Waals surface area (Å²) in [6.45, 7) is 1.79. The van der Waals surface area contributed by atoms with E-state index in [1.54, 1.807) is 0 Å². The van der Waals surface area contributed by atoms with Crippen molar-refractivity contribution in [3.05, 3.63) is 65.7 Å². The van der Waals surface area contributed by atoms with Gasteiger partial charge >= 0.3 is 0 Å². The first-order valence-electron chi connectivity index (χ1n) is 7.39. The van der Waals surface area contributed by atoms with Crippen molar-refractivity contribution in [1.82, 2.24) is 5.32 Å². The van der Waals surface area contributed by atoms with Crippen LogP contribution in [0.2, 0.25) is 0 Å². The molecule has 2 heteroatoms. The predicted molar refractivity (Wildman–Crippen MR) is 81.9 cm³/mol. The molecule has 0 bridgehead atoms. The molecule has 1 atom stereocenters. The SMILES string of the molecule is c1ccc(COc2cccc(CC3CCCN3)c2)cc1. The van der Waals surface area contributed by atoms with Gasteiger partial charge in [-0.2, -0.15) is 0 Å². The molecule has 0 saturated carbocycles. The molecule has 1 saturated heterocycles. The summed E-state index contributed by atoms with van der Waals surface area (Å²) < 4.78 is 5.88. The van der Waals surface area contributed by atoms with Crippen LogP contribution in [0.15, 0.2) is 54.6 Å². The van der Waals surface area contributed by atoms with Gasteiger partial charge in [-0.1, -0.05) is 42.5 Å². The first kappa shape index (κ1) is 13.2. The Labute approximate surface area is 120 Å². The zero-order chi connectivity index (χ0) is 13.6. The van der Waals surface area contributed by atoms with Crippen LogP contribution in [-0.4, -0.2) is 12.6 Å². The third-order valence-electron chi connectivity index (χ3n) is 3.79. The first-order valence-corrected chi connectivity index (χ1v) is 7.39. The van der Waals surface area contributed by atoms with Crippen molar-refractivity contribution in [2.45, 2.75) is 31.9 Å².